The van der Waals surface area contributed by atoms with Gasteiger partial charge < -0.3 is 5.32 Å². The molecule has 0 spiro atoms. The van der Waals surface area contributed by atoms with E-state index in [-0.39, 0.29) is 11.9 Å². The molecule has 5 heteroatoms. The van der Waals surface area contributed by atoms with E-state index in [0.717, 1.165) is 28.6 Å². The molecule has 1 N–H and O–H groups in total. The topological polar surface area (TPSA) is 46.9 Å². The number of hydrogen-bond donors (Lipinski definition) is 1. The van der Waals surface area contributed by atoms with E-state index in [1.165, 1.54) is 0 Å². The minimum absolute atomic E-state index is 0.101. The summed E-state index contributed by atoms with van der Waals surface area (Å²) in [5, 5.41) is 7.24. The Morgan fingerprint density at radius 2 is 2.19 bits per heavy atom. The van der Waals surface area contributed by atoms with Crippen LogP contribution in [0.1, 0.15) is 26.7 Å². The van der Waals surface area contributed by atoms with Gasteiger partial charge in [-0.05, 0) is 38.0 Å². The van der Waals surface area contributed by atoms with Gasteiger partial charge >= 0.3 is 0 Å². The summed E-state index contributed by atoms with van der Waals surface area (Å²) in [5.41, 5.74) is 2.22. The number of hydrogen-bond acceptors (Lipinski definition) is 2. The second-order valence-corrected chi connectivity index (χ2v) is 6.24. The summed E-state index contributed by atoms with van der Waals surface area (Å²) in [7, 11) is 0. The van der Waals surface area contributed by atoms with Crippen molar-refractivity contribution in [1.82, 2.24) is 15.1 Å². The van der Waals surface area contributed by atoms with Crippen LogP contribution in [0.15, 0.2) is 41.1 Å². The fraction of sp³-hybridized carbons (Fsp3) is 0.375. The first-order valence-corrected chi connectivity index (χ1v) is 7.91. The third-order valence-electron chi connectivity index (χ3n) is 3.03. The van der Waals surface area contributed by atoms with Crippen molar-refractivity contribution in [3.8, 4) is 11.1 Å². The first-order chi connectivity index (χ1) is 10.0. The average molecular weight is 350 g/mol. The molecule has 1 aromatic heterocycles. The quantitative estimate of drug-likeness (QED) is 0.865. The molecule has 0 aliphatic heterocycles. The largest absolute Gasteiger partial charge is 0.354 e. The standard InChI is InChI=1S/C16H20BrN3O/c1-12(2)19-16(21)7-4-8-20-11-14(10-18-20)13-5-3-6-15(17)9-13/h3,5-6,9-12H,4,7-8H2,1-2H3,(H,19,21). The fourth-order valence-electron chi connectivity index (χ4n) is 2.10. The number of nitrogens with zero attached hydrogens (tertiary/aromatic N) is 2. The number of rotatable bonds is 6. The van der Waals surface area contributed by atoms with Crippen LogP contribution in [0.5, 0.6) is 0 Å². The predicted molar refractivity (Wildman–Crippen MR) is 87.9 cm³/mol. The summed E-state index contributed by atoms with van der Waals surface area (Å²) in [4.78, 5) is 11.6. The lowest BCUT2D eigenvalue weighted by atomic mass is 10.1. The molecule has 0 radical (unpaired) electrons. The zero-order chi connectivity index (χ0) is 15.2. The monoisotopic (exact) mass is 349 g/mol. The molecule has 1 amide bonds. The maximum absolute atomic E-state index is 11.6. The average Bonchev–Trinajstić information content (AvgIpc) is 2.86. The lowest BCUT2D eigenvalue weighted by Crippen LogP contribution is -2.29. The Hall–Kier alpha value is -1.62. The van der Waals surface area contributed by atoms with Gasteiger partial charge in [0.05, 0.1) is 6.20 Å². The normalized spacial score (nSPS) is 10.9. The van der Waals surface area contributed by atoms with E-state index in [4.69, 9.17) is 0 Å². The van der Waals surface area contributed by atoms with Crippen molar-refractivity contribution >= 4 is 21.8 Å². The van der Waals surface area contributed by atoms with Crippen LogP contribution < -0.4 is 5.32 Å². The van der Waals surface area contributed by atoms with Gasteiger partial charge in [0, 0.05) is 35.2 Å². The molecule has 2 rings (SSSR count). The molecule has 0 fully saturated rings. The molecule has 0 aliphatic carbocycles. The van der Waals surface area contributed by atoms with E-state index in [2.05, 4.69) is 38.5 Å². The Labute approximate surface area is 133 Å². The summed E-state index contributed by atoms with van der Waals surface area (Å²) in [6, 6.07) is 8.33. The fourth-order valence-corrected chi connectivity index (χ4v) is 2.50. The molecule has 2 aromatic rings. The number of halogens is 1. The van der Waals surface area contributed by atoms with Crippen molar-refractivity contribution in [1.29, 1.82) is 0 Å². The third-order valence-corrected chi connectivity index (χ3v) is 3.53. The summed E-state index contributed by atoms with van der Waals surface area (Å²) < 4.78 is 2.94. The SMILES string of the molecule is CC(C)NC(=O)CCCn1cc(-c2cccc(Br)c2)cn1. The molecule has 0 aliphatic rings. The van der Waals surface area contributed by atoms with Crippen molar-refractivity contribution in [2.45, 2.75) is 39.3 Å². The van der Waals surface area contributed by atoms with Gasteiger partial charge in [-0.2, -0.15) is 5.10 Å². The molecule has 0 bridgehead atoms. The zero-order valence-corrected chi connectivity index (χ0v) is 13.9. The molecule has 0 unspecified atom stereocenters. The van der Waals surface area contributed by atoms with E-state index in [1.807, 2.05) is 43.1 Å². The first kappa shape index (κ1) is 15.8. The second-order valence-electron chi connectivity index (χ2n) is 5.33. The van der Waals surface area contributed by atoms with Gasteiger partial charge in [0.25, 0.3) is 0 Å². The van der Waals surface area contributed by atoms with Gasteiger partial charge in [0.15, 0.2) is 0 Å². The van der Waals surface area contributed by atoms with Crippen molar-refractivity contribution < 1.29 is 4.79 Å². The lowest BCUT2D eigenvalue weighted by molar-refractivity contribution is -0.121. The molecule has 4 nitrogen and oxygen atoms in total. The number of nitrogens with one attached hydrogen (secondary N) is 1. The molecule has 1 heterocycles. The highest BCUT2D eigenvalue weighted by molar-refractivity contribution is 9.10. The Bertz CT molecular complexity index is 607. The van der Waals surface area contributed by atoms with Crippen LogP contribution in [-0.4, -0.2) is 21.7 Å². The Balaban J connectivity index is 1.88. The molecule has 112 valence electrons. The van der Waals surface area contributed by atoms with Crippen LogP contribution in [0, 0.1) is 0 Å². The Morgan fingerprint density at radius 1 is 1.38 bits per heavy atom. The van der Waals surface area contributed by atoms with E-state index in [1.54, 1.807) is 0 Å². The number of aryl methyl sites for hydroxylation is 1. The van der Waals surface area contributed by atoms with Crippen molar-refractivity contribution in [3.63, 3.8) is 0 Å². The van der Waals surface area contributed by atoms with Crippen LogP contribution >= 0.6 is 15.9 Å². The third kappa shape index (κ3) is 5.01. The number of aromatic nitrogens is 2. The highest BCUT2D eigenvalue weighted by Gasteiger charge is 2.05. The zero-order valence-electron chi connectivity index (χ0n) is 12.3. The van der Waals surface area contributed by atoms with Gasteiger partial charge in [-0.3, -0.25) is 9.48 Å². The minimum atomic E-state index is 0.101. The number of carbonyl (C=O) groups excluding carboxylic acids is 1. The Morgan fingerprint density at radius 3 is 2.90 bits per heavy atom. The van der Waals surface area contributed by atoms with Crippen molar-refractivity contribution in [3.05, 3.63) is 41.1 Å². The van der Waals surface area contributed by atoms with Crippen LogP contribution in [0.25, 0.3) is 11.1 Å². The smallest absolute Gasteiger partial charge is 0.220 e. The van der Waals surface area contributed by atoms with Gasteiger partial charge in [0.1, 0.15) is 0 Å². The summed E-state index contributed by atoms with van der Waals surface area (Å²) in [6.07, 6.45) is 5.19. The summed E-state index contributed by atoms with van der Waals surface area (Å²) in [6.45, 7) is 4.69. The van der Waals surface area contributed by atoms with Gasteiger partial charge in [0.2, 0.25) is 5.91 Å². The minimum Gasteiger partial charge on any atom is -0.354 e. The number of carbonyl (C=O) groups is 1. The van der Waals surface area contributed by atoms with Gasteiger partial charge in [-0.15, -0.1) is 0 Å². The first-order valence-electron chi connectivity index (χ1n) is 7.12. The van der Waals surface area contributed by atoms with E-state index < -0.39 is 0 Å². The van der Waals surface area contributed by atoms with Crippen LogP contribution in [0.3, 0.4) is 0 Å². The van der Waals surface area contributed by atoms with E-state index in [9.17, 15) is 4.79 Å². The molecule has 0 saturated carbocycles. The molecule has 21 heavy (non-hydrogen) atoms. The predicted octanol–water partition coefficient (Wildman–Crippen LogP) is 3.62. The lowest BCUT2D eigenvalue weighted by Gasteiger charge is -2.07. The van der Waals surface area contributed by atoms with E-state index >= 15 is 0 Å². The Kier molecular flexibility index (Phi) is 5.56. The van der Waals surface area contributed by atoms with Gasteiger partial charge in [-0.1, -0.05) is 28.1 Å². The maximum atomic E-state index is 11.6. The van der Waals surface area contributed by atoms with E-state index in [0.29, 0.717) is 6.42 Å². The molecule has 0 saturated heterocycles. The maximum Gasteiger partial charge on any atom is 0.220 e. The number of amides is 1. The molecule has 0 atom stereocenters. The van der Waals surface area contributed by atoms with Crippen molar-refractivity contribution in [2.75, 3.05) is 0 Å². The van der Waals surface area contributed by atoms with Crippen LogP contribution in [0.4, 0.5) is 0 Å². The number of benzene rings is 1. The van der Waals surface area contributed by atoms with Crippen LogP contribution in [-0.2, 0) is 11.3 Å². The molecule has 1 aromatic carbocycles. The summed E-state index contributed by atoms with van der Waals surface area (Å²) in [5.74, 6) is 0.101. The second kappa shape index (κ2) is 7.41. The molecular formula is C16H20BrN3O. The summed E-state index contributed by atoms with van der Waals surface area (Å²) >= 11 is 3.47. The van der Waals surface area contributed by atoms with Crippen LogP contribution in [0.2, 0.25) is 0 Å². The molecular weight excluding hydrogens is 330 g/mol. The van der Waals surface area contributed by atoms with Gasteiger partial charge in [-0.25, -0.2) is 0 Å². The van der Waals surface area contributed by atoms with Crippen molar-refractivity contribution in [2.24, 2.45) is 0 Å². The highest BCUT2D eigenvalue weighted by atomic mass is 79.9. The highest BCUT2D eigenvalue weighted by Crippen LogP contribution is 2.22.